The molecule has 31 heavy (non-hydrogen) atoms. The number of rotatable bonds is 3. The molecule has 7 heteroatoms. The van der Waals surface area contributed by atoms with Crippen LogP contribution in [0.2, 0.25) is 0 Å². The number of ether oxygens (including phenoxy) is 5. The van der Waals surface area contributed by atoms with E-state index in [-0.39, 0.29) is 12.4 Å². The predicted octanol–water partition coefficient (Wildman–Crippen LogP) is 4.80. The number of carbonyl (C=O) groups is 2. The molecule has 1 atom stereocenters. The van der Waals surface area contributed by atoms with Gasteiger partial charge in [-0.2, -0.15) is 0 Å². The van der Waals surface area contributed by atoms with Crippen LogP contribution in [0, 0.1) is 0 Å². The first-order valence-electron chi connectivity index (χ1n) is 9.75. The highest BCUT2D eigenvalue weighted by molar-refractivity contribution is 5.97. The first-order valence-corrected chi connectivity index (χ1v) is 9.75. The summed E-state index contributed by atoms with van der Waals surface area (Å²) in [4.78, 5) is 24.5. The lowest BCUT2D eigenvalue weighted by Crippen LogP contribution is -2.33. The molecule has 1 spiro atoms. The van der Waals surface area contributed by atoms with Gasteiger partial charge in [-0.1, -0.05) is 18.2 Å². The summed E-state index contributed by atoms with van der Waals surface area (Å²) in [7, 11) is 1.56. The third-order valence-corrected chi connectivity index (χ3v) is 5.36. The van der Waals surface area contributed by atoms with E-state index in [2.05, 4.69) is 0 Å². The van der Waals surface area contributed by atoms with Gasteiger partial charge < -0.3 is 23.7 Å². The van der Waals surface area contributed by atoms with Gasteiger partial charge in [0.2, 0.25) is 0 Å². The van der Waals surface area contributed by atoms with Crippen molar-refractivity contribution in [2.24, 2.45) is 0 Å². The van der Waals surface area contributed by atoms with E-state index in [1.165, 1.54) is 0 Å². The van der Waals surface area contributed by atoms with E-state index in [0.717, 1.165) is 5.56 Å². The molecule has 3 aromatic carbocycles. The summed E-state index contributed by atoms with van der Waals surface area (Å²) in [6.45, 7) is 1.89. The molecule has 0 N–H and O–H groups in total. The van der Waals surface area contributed by atoms with Crippen LogP contribution in [0.15, 0.2) is 60.7 Å². The molecule has 0 bridgehead atoms. The fourth-order valence-corrected chi connectivity index (χ4v) is 4.07. The zero-order valence-electron chi connectivity index (χ0n) is 16.8. The molecule has 0 saturated carbocycles. The molecule has 5 rings (SSSR count). The lowest BCUT2D eigenvalue weighted by atomic mass is 9.77. The van der Waals surface area contributed by atoms with Crippen molar-refractivity contribution in [1.29, 1.82) is 0 Å². The summed E-state index contributed by atoms with van der Waals surface area (Å²) >= 11 is 0. The number of esters is 1. The van der Waals surface area contributed by atoms with Gasteiger partial charge in [-0.15, -0.1) is 0 Å². The van der Waals surface area contributed by atoms with Crippen molar-refractivity contribution in [2.45, 2.75) is 12.5 Å². The number of benzene rings is 3. The Morgan fingerprint density at radius 2 is 1.61 bits per heavy atom. The number of carbonyl (C=O) groups excluding carboxylic acids is 2. The summed E-state index contributed by atoms with van der Waals surface area (Å²) in [6, 6.07) is 17.5. The van der Waals surface area contributed by atoms with Gasteiger partial charge in [0.05, 0.1) is 19.3 Å². The number of fused-ring (bicyclic) bond motifs is 6. The molecule has 7 nitrogen and oxygen atoms in total. The van der Waals surface area contributed by atoms with Gasteiger partial charge in [0, 0.05) is 28.8 Å². The lowest BCUT2D eigenvalue weighted by Gasteiger charge is -2.36. The van der Waals surface area contributed by atoms with Crippen molar-refractivity contribution >= 4 is 12.1 Å². The largest absolute Gasteiger partial charge is 0.513 e. The van der Waals surface area contributed by atoms with Crippen LogP contribution in [0.4, 0.5) is 4.79 Å². The van der Waals surface area contributed by atoms with E-state index in [4.69, 9.17) is 23.7 Å². The van der Waals surface area contributed by atoms with Crippen molar-refractivity contribution in [3.05, 3.63) is 82.9 Å². The molecular weight excluding hydrogens is 400 g/mol. The Kier molecular flexibility index (Phi) is 4.32. The fourth-order valence-electron chi connectivity index (χ4n) is 4.07. The summed E-state index contributed by atoms with van der Waals surface area (Å²) < 4.78 is 27.6. The third kappa shape index (κ3) is 2.81. The fraction of sp³-hybridized carbons (Fsp3) is 0.167. The van der Waals surface area contributed by atoms with E-state index < -0.39 is 17.7 Å². The minimum absolute atomic E-state index is 0.198. The highest BCUT2D eigenvalue weighted by Crippen LogP contribution is 2.56. The first kappa shape index (κ1) is 19.0. The van der Waals surface area contributed by atoms with Gasteiger partial charge in [0.15, 0.2) is 5.60 Å². The maximum absolute atomic E-state index is 12.8. The van der Waals surface area contributed by atoms with Gasteiger partial charge in [-0.25, -0.2) is 9.59 Å². The van der Waals surface area contributed by atoms with E-state index in [1.54, 1.807) is 56.5 Å². The number of hydrogen-bond acceptors (Lipinski definition) is 7. The van der Waals surface area contributed by atoms with Crippen molar-refractivity contribution in [3.8, 4) is 23.0 Å². The van der Waals surface area contributed by atoms with Crippen molar-refractivity contribution in [3.63, 3.8) is 0 Å². The minimum Gasteiger partial charge on any atom is -0.497 e. The van der Waals surface area contributed by atoms with Crippen molar-refractivity contribution < 1.29 is 33.3 Å². The molecule has 0 amide bonds. The molecule has 1 unspecified atom stereocenters. The normalized spacial score (nSPS) is 17.7. The Morgan fingerprint density at radius 3 is 2.32 bits per heavy atom. The number of methoxy groups -OCH3 is 1. The molecule has 2 aliphatic heterocycles. The van der Waals surface area contributed by atoms with Gasteiger partial charge in [-0.3, -0.25) is 0 Å². The molecule has 0 radical (unpaired) electrons. The molecule has 2 aliphatic rings. The van der Waals surface area contributed by atoms with Crippen LogP contribution in [-0.2, 0) is 15.1 Å². The Morgan fingerprint density at radius 1 is 0.935 bits per heavy atom. The molecule has 0 aromatic heterocycles. The monoisotopic (exact) mass is 418 g/mol. The SMILES string of the molecule is CCOC(=O)Oc1ccc2c(c1)Oc1cc(OC)ccc1C21OC(=O)c2ccccc21. The Balaban J connectivity index is 1.71. The molecule has 0 saturated heterocycles. The average Bonchev–Trinajstić information content (AvgIpc) is 3.07. The van der Waals surface area contributed by atoms with Crippen LogP contribution in [0.3, 0.4) is 0 Å². The molecule has 0 aliphatic carbocycles. The predicted molar refractivity (Wildman–Crippen MR) is 109 cm³/mol. The van der Waals surface area contributed by atoms with E-state index in [9.17, 15) is 9.59 Å². The second kappa shape index (κ2) is 7.05. The van der Waals surface area contributed by atoms with Gasteiger partial charge in [0.1, 0.15) is 23.0 Å². The highest BCUT2D eigenvalue weighted by Gasteiger charge is 2.53. The van der Waals surface area contributed by atoms with Gasteiger partial charge >= 0.3 is 12.1 Å². The van der Waals surface area contributed by atoms with E-state index in [1.807, 2.05) is 18.2 Å². The Labute approximate surface area is 178 Å². The van der Waals surface area contributed by atoms with Crippen LogP contribution < -0.4 is 14.2 Å². The van der Waals surface area contributed by atoms with Crippen LogP contribution in [0.1, 0.15) is 34.0 Å². The average molecular weight is 418 g/mol. The summed E-state index contributed by atoms with van der Waals surface area (Å²) in [6.07, 6.45) is -0.812. The second-order valence-corrected chi connectivity index (χ2v) is 7.02. The van der Waals surface area contributed by atoms with Crippen LogP contribution in [-0.4, -0.2) is 25.8 Å². The summed E-state index contributed by atoms with van der Waals surface area (Å²) in [5.41, 5.74) is 1.32. The lowest BCUT2D eigenvalue weighted by molar-refractivity contribution is 0.0224. The van der Waals surface area contributed by atoms with Crippen LogP contribution >= 0.6 is 0 Å². The maximum atomic E-state index is 12.8. The van der Waals surface area contributed by atoms with Crippen LogP contribution in [0.25, 0.3) is 0 Å². The van der Waals surface area contributed by atoms with Crippen LogP contribution in [0.5, 0.6) is 23.0 Å². The molecule has 156 valence electrons. The Bertz CT molecular complexity index is 1220. The van der Waals surface area contributed by atoms with E-state index in [0.29, 0.717) is 33.9 Å². The molecule has 3 aromatic rings. The maximum Gasteiger partial charge on any atom is 0.513 e. The Hall–Kier alpha value is -4.00. The van der Waals surface area contributed by atoms with Crippen molar-refractivity contribution in [2.75, 3.05) is 13.7 Å². The third-order valence-electron chi connectivity index (χ3n) is 5.36. The quantitative estimate of drug-likeness (QED) is 0.446. The molecule has 2 heterocycles. The van der Waals surface area contributed by atoms with Crippen molar-refractivity contribution in [1.82, 2.24) is 0 Å². The minimum atomic E-state index is -1.19. The highest BCUT2D eigenvalue weighted by atomic mass is 16.7. The standard InChI is InChI=1S/C24H18O7/c1-3-28-23(26)29-15-9-11-19-21(13-15)30-20-12-14(27-2)8-10-18(20)24(19)17-7-5-4-6-16(17)22(25)31-24/h4-13H,3H2,1-2H3. The zero-order chi connectivity index (χ0) is 21.6. The number of hydrogen-bond donors (Lipinski definition) is 0. The molecular formula is C24H18O7. The first-order chi connectivity index (χ1) is 15.1. The second-order valence-electron chi connectivity index (χ2n) is 7.02. The topological polar surface area (TPSA) is 80.3 Å². The zero-order valence-corrected chi connectivity index (χ0v) is 16.8. The van der Waals surface area contributed by atoms with E-state index >= 15 is 0 Å². The summed E-state index contributed by atoms with van der Waals surface area (Å²) in [5, 5.41) is 0. The van der Waals surface area contributed by atoms with Gasteiger partial charge in [0.25, 0.3) is 0 Å². The van der Waals surface area contributed by atoms with Gasteiger partial charge in [-0.05, 0) is 37.3 Å². The molecule has 0 fully saturated rings. The summed E-state index contributed by atoms with van der Waals surface area (Å²) in [5.74, 6) is 1.29. The smallest absolute Gasteiger partial charge is 0.497 e.